The molecule has 6 nitrogen and oxygen atoms in total. The molecule has 0 N–H and O–H groups in total. The third-order valence-corrected chi connectivity index (χ3v) is 12.6. The van der Waals surface area contributed by atoms with E-state index in [-0.39, 0.29) is 31.1 Å². The fourth-order valence-corrected chi connectivity index (χ4v) is 8.21. The van der Waals surface area contributed by atoms with E-state index in [0.29, 0.717) is 19.3 Å². The summed E-state index contributed by atoms with van der Waals surface area (Å²) < 4.78 is 16.7. The number of esters is 3. The molecule has 0 saturated heterocycles. The van der Waals surface area contributed by atoms with Crippen LogP contribution in [0.25, 0.3) is 0 Å². The first kappa shape index (κ1) is 63.4. The van der Waals surface area contributed by atoms with Crippen LogP contribution < -0.4 is 0 Å². The molecule has 0 aliphatic rings. The van der Waals surface area contributed by atoms with Gasteiger partial charge < -0.3 is 14.2 Å². The molecule has 0 heterocycles. The van der Waals surface area contributed by atoms with Gasteiger partial charge in [-0.25, -0.2) is 0 Å². The number of carbonyl (C=O) groups is 3. The molecule has 6 heteroatoms. The second kappa shape index (κ2) is 55.0. The van der Waals surface area contributed by atoms with Crippen LogP contribution in [0.3, 0.4) is 0 Å². The van der Waals surface area contributed by atoms with Gasteiger partial charge in [0.25, 0.3) is 0 Å². The minimum absolute atomic E-state index is 0.0756. The van der Waals surface area contributed by atoms with Crippen LogP contribution in [0.15, 0.2) is 48.6 Å². The van der Waals surface area contributed by atoms with Crippen molar-refractivity contribution in [2.75, 3.05) is 13.2 Å². The standard InChI is InChI=1S/C60H108O6/c1-4-7-10-13-15-17-19-21-23-25-27-28-29-30-31-32-33-35-36-38-40-42-44-47-50-53-59(62)65-56-57(55-64-58(61)52-49-46-12-9-6-3)66-60(63)54-51-48-45-43-41-39-37-34-26-24-22-20-18-16-14-11-8-5-2/h19,21,24-27,29-30,57H,4-18,20,22-23,28,31-56H2,1-3H3/b21-19-,26-24-,27-25-,30-29-. The molecule has 0 aromatic rings. The highest BCUT2D eigenvalue weighted by molar-refractivity contribution is 5.71. The molecular weight excluding hydrogens is 817 g/mol. The van der Waals surface area contributed by atoms with Crippen molar-refractivity contribution in [3.05, 3.63) is 48.6 Å². The second-order valence-electron chi connectivity index (χ2n) is 19.2. The van der Waals surface area contributed by atoms with E-state index in [1.54, 1.807) is 0 Å². The zero-order valence-corrected chi connectivity index (χ0v) is 44.0. The van der Waals surface area contributed by atoms with E-state index >= 15 is 0 Å². The zero-order chi connectivity index (χ0) is 47.9. The molecule has 384 valence electrons. The van der Waals surface area contributed by atoms with Gasteiger partial charge in [0.05, 0.1) is 0 Å². The molecule has 0 radical (unpaired) electrons. The molecule has 0 aliphatic heterocycles. The maximum absolute atomic E-state index is 12.8. The van der Waals surface area contributed by atoms with Crippen molar-refractivity contribution in [2.24, 2.45) is 0 Å². The highest BCUT2D eigenvalue weighted by Crippen LogP contribution is 2.15. The molecule has 0 aliphatic carbocycles. The minimum Gasteiger partial charge on any atom is -0.462 e. The Balaban J connectivity index is 4.09. The van der Waals surface area contributed by atoms with Gasteiger partial charge in [0, 0.05) is 19.3 Å². The van der Waals surface area contributed by atoms with Crippen molar-refractivity contribution in [1.82, 2.24) is 0 Å². The summed E-state index contributed by atoms with van der Waals surface area (Å²) in [5.74, 6) is -0.887. The number of carbonyl (C=O) groups excluding carboxylic acids is 3. The maximum atomic E-state index is 12.8. The zero-order valence-electron chi connectivity index (χ0n) is 44.0. The van der Waals surface area contributed by atoms with Crippen LogP contribution in [0.1, 0.15) is 297 Å². The quantitative estimate of drug-likeness (QED) is 0.0262. The van der Waals surface area contributed by atoms with Gasteiger partial charge in [0.2, 0.25) is 0 Å². The van der Waals surface area contributed by atoms with E-state index < -0.39 is 6.10 Å². The highest BCUT2D eigenvalue weighted by atomic mass is 16.6. The van der Waals surface area contributed by atoms with E-state index in [0.717, 1.165) is 77.0 Å². The van der Waals surface area contributed by atoms with E-state index in [9.17, 15) is 14.4 Å². The lowest BCUT2D eigenvalue weighted by molar-refractivity contribution is -0.167. The lowest BCUT2D eigenvalue weighted by Gasteiger charge is -2.18. The molecule has 66 heavy (non-hydrogen) atoms. The van der Waals surface area contributed by atoms with Gasteiger partial charge in [-0.1, -0.05) is 243 Å². The molecule has 1 unspecified atom stereocenters. The largest absolute Gasteiger partial charge is 0.462 e. The topological polar surface area (TPSA) is 78.9 Å². The van der Waals surface area contributed by atoms with Crippen LogP contribution >= 0.6 is 0 Å². The molecule has 0 bridgehead atoms. The average molecular weight is 926 g/mol. The molecule has 0 aromatic heterocycles. The summed E-state index contributed by atoms with van der Waals surface area (Å²) in [6.45, 7) is 6.56. The van der Waals surface area contributed by atoms with Crippen molar-refractivity contribution in [2.45, 2.75) is 303 Å². The first-order valence-corrected chi connectivity index (χ1v) is 28.6. The van der Waals surface area contributed by atoms with Gasteiger partial charge >= 0.3 is 17.9 Å². The monoisotopic (exact) mass is 925 g/mol. The van der Waals surface area contributed by atoms with Gasteiger partial charge in [-0.3, -0.25) is 14.4 Å². The summed E-state index contributed by atoms with van der Waals surface area (Å²) in [7, 11) is 0. The van der Waals surface area contributed by atoms with E-state index in [4.69, 9.17) is 14.2 Å². The van der Waals surface area contributed by atoms with Crippen LogP contribution in [0.4, 0.5) is 0 Å². The smallest absolute Gasteiger partial charge is 0.306 e. The van der Waals surface area contributed by atoms with Gasteiger partial charge in [-0.2, -0.15) is 0 Å². The molecular formula is C60H108O6. The van der Waals surface area contributed by atoms with Crippen LogP contribution in [0.2, 0.25) is 0 Å². The first-order chi connectivity index (χ1) is 32.5. The Kier molecular flexibility index (Phi) is 52.8. The van der Waals surface area contributed by atoms with E-state index in [1.165, 1.54) is 180 Å². The van der Waals surface area contributed by atoms with Gasteiger partial charge in [0.1, 0.15) is 13.2 Å². The number of hydrogen-bond acceptors (Lipinski definition) is 6. The summed E-state index contributed by atoms with van der Waals surface area (Å²) in [4.78, 5) is 37.8. The van der Waals surface area contributed by atoms with Crippen LogP contribution in [0, 0.1) is 0 Å². The number of rotatable bonds is 52. The van der Waals surface area contributed by atoms with Crippen molar-refractivity contribution in [1.29, 1.82) is 0 Å². The fraction of sp³-hybridized carbons (Fsp3) is 0.817. The SMILES string of the molecule is CCCCCCC/C=C\C/C=C\C/C=C\CCCCCCCCCCCCC(=O)OCC(COC(=O)CCCCCCC)OC(=O)CCCCCCCCC/C=C\CCCCCCCCC. The lowest BCUT2D eigenvalue weighted by atomic mass is 10.1. The first-order valence-electron chi connectivity index (χ1n) is 28.6. The molecule has 0 rings (SSSR count). The normalized spacial score (nSPS) is 12.3. The second-order valence-corrected chi connectivity index (χ2v) is 19.2. The Morgan fingerprint density at radius 2 is 0.545 bits per heavy atom. The van der Waals surface area contributed by atoms with Gasteiger partial charge in [-0.05, 0) is 83.5 Å². The Bertz CT molecular complexity index is 1150. The summed E-state index contributed by atoms with van der Waals surface area (Å²) in [6, 6.07) is 0. The third-order valence-electron chi connectivity index (χ3n) is 12.6. The minimum atomic E-state index is -0.772. The van der Waals surface area contributed by atoms with Crippen molar-refractivity contribution in [3.8, 4) is 0 Å². The summed E-state index contributed by atoms with van der Waals surface area (Å²) in [5.41, 5.74) is 0. The van der Waals surface area contributed by atoms with Crippen molar-refractivity contribution >= 4 is 17.9 Å². The molecule has 0 aromatic carbocycles. The fourth-order valence-electron chi connectivity index (χ4n) is 8.21. The predicted octanol–water partition coefficient (Wildman–Crippen LogP) is 19.0. The molecule has 0 spiro atoms. The van der Waals surface area contributed by atoms with Crippen LogP contribution in [-0.2, 0) is 28.6 Å². The molecule has 0 saturated carbocycles. The Morgan fingerprint density at radius 1 is 0.303 bits per heavy atom. The summed E-state index contributed by atoms with van der Waals surface area (Å²) in [5, 5.41) is 0. The number of hydrogen-bond donors (Lipinski definition) is 0. The average Bonchev–Trinajstić information content (AvgIpc) is 3.31. The van der Waals surface area contributed by atoms with Crippen molar-refractivity contribution in [3.63, 3.8) is 0 Å². The predicted molar refractivity (Wildman–Crippen MR) is 284 cm³/mol. The molecule has 0 amide bonds. The lowest BCUT2D eigenvalue weighted by Crippen LogP contribution is -2.30. The number of ether oxygens (including phenoxy) is 3. The van der Waals surface area contributed by atoms with Crippen LogP contribution in [0.5, 0.6) is 0 Å². The van der Waals surface area contributed by atoms with Gasteiger partial charge in [0.15, 0.2) is 6.10 Å². The highest BCUT2D eigenvalue weighted by Gasteiger charge is 2.19. The van der Waals surface area contributed by atoms with E-state index in [2.05, 4.69) is 69.4 Å². The maximum Gasteiger partial charge on any atom is 0.306 e. The Morgan fingerprint density at radius 3 is 0.864 bits per heavy atom. The number of allylic oxidation sites excluding steroid dienone is 8. The molecule has 0 fully saturated rings. The third kappa shape index (κ3) is 52.3. The summed E-state index contributed by atoms with van der Waals surface area (Å²) >= 11 is 0. The number of unbranched alkanes of at least 4 members (excludes halogenated alkanes) is 33. The Hall–Kier alpha value is -2.63. The molecule has 1 atom stereocenters. The van der Waals surface area contributed by atoms with Crippen LogP contribution in [-0.4, -0.2) is 37.2 Å². The van der Waals surface area contributed by atoms with Gasteiger partial charge in [-0.15, -0.1) is 0 Å². The Labute approximate surface area is 409 Å². The van der Waals surface area contributed by atoms with Crippen molar-refractivity contribution < 1.29 is 28.6 Å². The van der Waals surface area contributed by atoms with E-state index in [1.807, 2.05) is 0 Å². The summed E-state index contributed by atoms with van der Waals surface area (Å²) in [6.07, 6.45) is 67.2.